The van der Waals surface area contributed by atoms with Gasteiger partial charge in [0.1, 0.15) is 0 Å². The number of aryl methyl sites for hydroxylation is 2. The van der Waals surface area contributed by atoms with Gasteiger partial charge in [0.25, 0.3) is 5.56 Å². The van der Waals surface area contributed by atoms with Gasteiger partial charge in [-0.2, -0.15) is 0 Å². The van der Waals surface area contributed by atoms with Crippen LogP contribution in [0, 0.1) is 13.8 Å². The molecule has 0 fully saturated rings. The number of nitrogens with zero attached hydrogens (tertiary/aromatic N) is 1. The minimum Gasteiger partial charge on any atom is -0.408 e. The Hall–Kier alpha value is -2.56. The van der Waals surface area contributed by atoms with Crippen LogP contribution >= 0.6 is 0 Å². The average molecular weight is 270 g/mol. The second-order valence-electron chi connectivity index (χ2n) is 5.00. The van der Waals surface area contributed by atoms with Crippen molar-refractivity contribution in [2.24, 2.45) is 0 Å². The SMILES string of the molecule is Cc1cc(C)cc(Cn2ccc3oc(=O)[nH]c3c2=O)c1. The van der Waals surface area contributed by atoms with E-state index in [1.165, 1.54) is 0 Å². The van der Waals surface area contributed by atoms with Crippen molar-refractivity contribution in [2.45, 2.75) is 20.4 Å². The number of aromatic amines is 1. The summed E-state index contributed by atoms with van der Waals surface area (Å²) in [4.78, 5) is 25.8. The van der Waals surface area contributed by atoms with Crippen molar-refractivity contribution in [3.63, 3.8) is 0 Å². The van der Waals surface area contributed by atoms with Crippen LogP contribution in [0.4, 0.5) is 0 Å². The average Bonchev–Trinajstić information content (AvgIpc) is 2.73. The van der Waals surface area contributed by atoms with Crippen molar-refractivity contribution >= 4 is 11.1 Å². The third-order valence-corrected chi connectivity index (χ3v) is 3.19. The Balaban J connectivity index is 2.08. The largest absolute Gasteiger partial charge is 0.417 e. The molecule has 0 radical (unpaired) electrons. The second-order valence-corrected chi connectivity index (χ2v) is 5.00. The molecule has 0 aliphatic carbocycles. The molecule has 0 unspecified atom stereocenters. The summed E-state index contributed by atoms with van der Waals surface area (Å²) >= 11 is 0. The van der Waals surface area contributed by atoms with Crippen molar-refractivity contribution in [2.75, 3.05) is 0 Å². The number of fused-ring (bicyclic) bond motifs is 1. The van der Waals surface area contributed by atoms with Gasteiger partial charge in [-0.25, -0.2) is 4.79 Å². The minimum absolute atomic E-state index is 0.210. The van der Waals surface area contributed by atoms with Gasteiger partial charge in [0.15, 0.2) is 11.1 Å². The number of pyridine rings is 1. The highest BCUT2D eigenvalue weighted by molar-refractivity contribution is 5.70. The first-order valence-electron chi connectivity index (χ1n) is 6.32. The van der Waals surface area contributed by atoms with E-state index in [1.807, 2.05) is 26.0 Å². The normalized spacial score (nSPS) is 11.1. The summed E-state index contributed by atoms with van der Waals surface area (Å²) in [6.07, 6.45) is 1.64. The molecular weight excluding hydrogens is 256 g/mol. The standard InChI is InChI=1S/C15H14N2O3/c1-9-5-10(2)7-11(6-9)8-17-4-3-12-13(14(17)18)16-15(19)20-12/h3-7H,8H2,1-2H3,(H,16,19). The lowest BCUT2D eigenvalue weighted by molar-refractivity contribution is 0.555. The van der Waals surface area contributed by atoms with Crippen LogP contribution in [0.25, 0.3) is 11.1 Å². The molecule has 0 aliphatic heterocycles. The first kappa shape index (κ1) is 12.5. The van der Waals surface area contributed by atoms with E-state index in [4.69, 9.17) is 4.42 Å². The lowest BCUT2D eigenvalue weighted by atomic mass is 10.1. The molecule has 0 aliphatic rings. The topological polar surface area (TPSA) is 68.0 Å². The molecule has 3 rings (SSSR count). The summed E-state index contributed by atoms with van der Waals surface area (Å²) < 4.78 is 6.43. The highest BCUT2D eigenvalue weighted by Crippen LogP contribution is 2.11. The molecule has 0 saturated heterocycles. The predicted octanol–water partition coefficient (Wildman–Crippen LogP) is 1.95. The summed E-state index contributed by atoms with van der Waals surface area (Å²) in [5, 5.41) is 0. The lowest BCUT2D eigenvalue weighted by Gasteiger charge is -2.07. The summed E-state index contributed by atoms with van der Waals surface area (Å²) in [7, 11) is 0. The van der Waals surface area contributed by atoms with E-state index < -0.39 is 5.76 Å². The van der Waals surface area contributed by atoms with Crippen LogP contribution in [0.2, 0.25) is 0 Å². The monoisotopic (exact) mass is 270 g/mol. The third kappa shape index (κ3) is 2.18. The fourth-order valence-electron chi connectivity index (χ4n) is 2.47. The Labute approximate surface area is 114 Å². The number of aromatic nitrogens is 2. The number of rotatable bonds is 2. The zero-order valence-electron chi connectivity index (χ0n) is 11.3. The summed E-state index contributed by atoms with van der Waals surface area (Å²) in [5.74, 6) is -0.610. The summed E-state index contributed by atoms with van der Waals surface area (Å²) in [5.41, 5.74) is 3.61. The maximum absolute atomic E-state index is 12.2. The van der Waals surface area contributed by atoms with Gasteiger partial charge in [0, 0.05) is 6.20 Å². The molecule has 0 atom stereocenters. The molecule has 102 valence electrons. The van der Waals surface area contributed by atoms with Gasteiger partial charge >= 0.3 is 5.76 Å². The van der Waals surface area contributed by atoms with E-state index >= 15 is 0 Å². The van der Waals surface area contributed by atoms with Gasteiger partial charge in [-0.15, -0.1) is 0 Å². The molecule has 0 amide bonds. The zero-order chi connectivity index (χ0) is 14.3. The Bertz CT molecular complexity index is 879. The maximum Gasteiger partial charge on any atom is 0.417 e. The molecule has 1 aromatic carbocycles. The van der Waals surface area contributed by atoms with E-state index in [0.717, 1.165) is 16.7 Å². The number of hydrogen-bond acceptors (Lipinski definition) is 3. The number of benzene rings is 1. The minimum atomic E-state index is -0.610. The number of oxazole rings is 1. The third-order valence-electron chi connectivity index (χ3n) is 3.19. The molecule has 2 aromatic heterocycles. The number of nitrogens with one attached hydrogen (secondary N) is 1. The van der Waals surface area contributed by atoms with Crippen LogP contribution in [0.5, 0.6) is 0 Å². The van der Waals surface area contributed by atoms with Crippen LogP contribution in [-0.2, 0) is 6.54 Å². The van der Waals surface area contributed by atoms with Gasteiger partial charge in [0.05, 0.1) is 6.54 Å². The van der Waals surface area contributed by atoms with Gasteiger partial charge in [-0.3, -0.25) is 9.78 Å². The summed E-state index contributed by atoms with van der Waals surface area (Å²) in [6, 6.07) is 7.80. The van der Waals surface area contributed by atoms with Crippen LogP contribution in [-0.4, -0.2) is 9.55 Å². The molecule has 0 bridgehead atoms. The molecule has 0 saturated carbocycles. The Kier molecular flexibility index (Phi) is 2.82. The first-order valence-corrected chi connectivity index (χ1v) is 6.32. The molecule has 1 N–H and O–H groups in total. The Morgan fingerprint density at radius 3 is 2.55 bits per heavy atom. The Morgan fingerprint density at radius 1 is 1.15 bits per heavy atom. The molecular formula is C15H14N2O3. The van der Waals surface area contributed by atoms with Crippen molar-refractivity contribution in [1.82, 2.24) is 9.55 Å². The van der Waals surface area contributed by atoms with Crippen molar-refractivity contribution in [3.05, 3.63) is 68.1 Å². The maximum atomic E-state index is 12.2. The van der Waals surface area contributed by atoms with Crippen molar-refractivity contribution < 1.29 is 4.42 Å². The smallest absolute Gasteiger partial charge is 0.408 e. The van der Waals surface area contributed by atoms with Crippen molar-refractivity contribution in [3.8, 4) is 0 Å². The lowest BCUT2D eigenvalue weighted by Crippen LogP contribution is -2.20. The summed E-state index contributed by atoms with van der Waals surface area (Å²) in [6.45, 7) is 4.51. The number of hydrogen-bond donors (Lipinski definition) is 1. The van der Waals surface area contributed by atoms with Crippen LogP contribution < -0.4 is 11.3 Å². The highest BCUT2D eigenvalue weighted by atomic mass is 16.4. The van der Waals surface area contributed by atoms with E-state index in [-0.39, 0.29) is 16.7 Å². The molecule has 5 nitrogen and oxygen atoms in total. The zero-order valence-corrected chi connectivity index (χ0v) is 11.3. The van der Waals surface area contributed by atoms with Gasteiger partial charge < -0.3 is 8.98 Å². The molecule has 0 spiro atoms. The van der Waals surface area contributed by atoms with E-state index in [1.54, 1.807) is 16.8 Å². The van der Waals surface area contributed by atoms with E-state index in [0.29, 0.717) is 6.54 Å². The van der Waals surface area contributed by atoms with Crippen LogP contribution in [0.3, 0.4) is 0 Å². The molecule has 20 heavy (non-hydrogen) atoms. The van der Waals surface area contributed by atoms with Crippen LogP contribution in [0.15, 0.2) is 44.5 Å². The predicted molar refractivity (Wildman–Crippen MR) is 76.1 cm³/mol. The molecule has 2 heterocycles. The Morgan fingerprint density at radius 2 is 1.85 bits per heavy atom. The molecule has 3 aromatic rings. The van der Waals surface area contributed by atoms with Gasteiger partial charge in [0.2, 0.25) is 0 Å². The van der Waals surface area contributed by atoms with Crippen LogP contribution in [0.1, 0.15) is 16.7 Å². The number of H-pyrrole nitrogens is 1. The second kappa shape index (κ2) is 4.52. The van der Waals surface area contributed by atoms with E-state index in [2.05, 4.69) is 11.1 Å². The fraction of sp³-hybridized carbons (Fsp3) is 0.200. The molecule has 5 heteroatoms. The van der Waals surface area contributed by atoms with Crippen molar-refractivity contribution in [1.29, 1.82) is 0 Å². The van der Waals surface area contributed by atoms with Gasteiger partial charge in [-0.05, 0) is 25.5 Å². The van der Waals surface area contributed by atoms with E-state index in [9.17, 15) is 9.59 Å². The highest BCUT2D eigenvalue weighted by Gasteiger charge is 2.08. The first-order chi connectivity index (χ1) is 9.52. The quantitative estimate of drug-likeness (QED) is 0.773. The fourth-order valence-corrected chi connectivity index (χ4v) is 2.47. The van der Waals surface area contributed by atoms with Gasteiger partial charge in [-0.1, -0.05) is 29.3 Å².